The minimum Gasteiger partial charge on any atom is -0.347 e. The summed E-state index contributed by atoms with van der Waals surface area (Å²) in [6.07, 6.45) is 25.3. The van der Waals surface area contributed by atoms with Crippen molar-refractivity contribution in [2.75, 3.05) is 18.0 Å². The first-order valence-corrected chi connectivity index (χ1v) is 20.2. The van der Waals surface area contributed by atoms with E-state index in [4.69, 9.17) is 4.99 Å². The van der Waals surface area contributed by atoms with Crippen molar-refractivity contribution >= 4 is 48.8 Å². The monoisotopic (exact) mass is 737 g/mol. The number of aryl methyl sites for hydroxylation is 1. The Bertz CT molecular complexity index is 1430. The van der Waals surface area contributed by atoms with Gasteiger partial charge in [0.15, 0.2) is 0 Å². The molecule has 45 heavy (non-hydrogen) atoms. The number of hydrogen-bond acceptors (Lipinski definition) is 3. The van der Waals surface area contributed by atoms with Gasteiger partial charge in [-0.05, 0) is 61.6 Å². The van der Waals surface area contributed by atoms with Gasteiger partial charge in [0.2, 0.25) is 0 Å². The molecule has 5 heteroatoms. The molecule has 2 aromatic rings. The van der Waals surface area contributed by atoms with Gasteiger partial charge in [-0.1, -0.05) is 149 Å². The van der Waals surface area contributed by atoms with E-state index in [9.17, 15) is 0 Å². The number of unbranched alkanes of at least 4 members (excludes halogenated alkanes) is 15. The number of hydrogen-bond donors (Lipinski definition) is 0. The largest absolute Gasteiger partial charge is 0.347 e. The van der Waals surface area contributed by atoms with Crippen LogP contribution in [0.5, 0.6) is 0 Å². The van der Waals surface area contributed by atoms with Crippen LogP contribution < -0.4 is 15.5 Å². The molecule has 3 heterocycles. The van der Waals surface area contributed by atoms with Crippen molar-refractivity contribution in [2.45, 2.75) is 149 Å². The summed E-state index contributed by atoms with van der Waals surface area (Å²) in [6, 6.07) is 11.7. The molecule has 0 amide bonds. The van der Waals surface area contributed by atoms with Crippen molar-refractivity contribution in [2.24, 2.45) is 4.99 Å². The van der Waals surface area contributed by atoms with Gasteiger partial charge in [-0.3, -0.25) is 0 Å². The summed E-state index contributed by atoms with van der Waals surface area (Å²) in [5, 5.41) is 2.43. The zero-order valence-electron chi connectivity index (χ0n) is 28.4. The summed E-state index contributed by atoms with van der Waals surface area (Å²) >= 11 is 7.83. The van der Waals surface area contributed by atoms with Crippen LogP contribution in [0.1, 0.15) is 147 Å². The molecule has 0 aromatic heterocycles. The van der Waals surface area contributed by atoms with E-state index >= 15 is 0 Å². The van der Waals surface area contributed by atoms with E-state index in [0.717, 1.165) is 29.3 Å². The Morgan fingerprint density at radius 3 is 1.87 bits per heavy atom. The molecule has 3 aliphatic rings. The highest BCUT2D eigenvalue weighted by Crippen LogP contribution is 2.52. The summed E-state index contributed by atoms with van der Waals surface area (Å²) in [5.74, 6) is 0. The molecule has 0 spiro atoms. The van der Waals surface area contributed by atoms with E-state index in [1.54, 1.807) is 0 Å². The lowest BCUT2D eigenvalue weighted by Gasteiger charge is -2.36. The molecule has 0 saturated heterocycles. The Morgan fingerprint density at radius 2 is 1.22 bits per heavy atom. The summed E-state index contributed by atoms with van der Waals surface area (Å²) < 4.78 is 2.43. The Kier molecular flexibility index (Phi) is 13.5. The SMILES string of the molecule is CCCCCCCCc1cc2c(cc1Br)N(CCCCCCCC)C1C2=C2N=c3ccc(Br)cc3=C2N1CCCCCCCC. The molecular formula is C40H57Br2N3. The van der Waals surface area contributed by atoms with Crippen LogP contribution in [0.25, 0.3) is 11.3 Å². The van der Waals surface area contributed by atoms with Crippen molar-refractivity contribution in [1.82, 2.24) is 4.90 Å². The summed E-state index contributed by atoms with van der Waals surface area (Å²) in [5.41, 5.74) is 8.38. The van der Waals surface area contributed by atoms with E-state index in [0.29, 0.717) is 0 Å². The first kappa shape index (κ1) is 34.7. The van der Waals surface area contributed by atoms with Crippen LogP contribution in [-0.4, -0.2) is 24.2 Å². The van der Waals surface area contributed by atoms with Crippen molar-refractivity contribution in [3.63, 3.8) is 0 Å². The van der Waals surface area contributed by atoms with Crippen LogP contribution in [0, 0.1) is 0 Å². The molecule has 1 unspecified atom stereocenters. The average Bonchev–Trinajstić information content (AvgIpc) is 3.65. The molecule has 3 aliphatic heterocycles. The maximum atomic E-state index is 5.38. The lowest BCUT2D eigenvalue weighted by atomic mass is 9.99. The fourth-order valence-electron chi connectivity index (χ4n) is 7.65. The average molecular weight is 740 g/mol. The normalized spacial score (nSPS) is 16.4. The number of fused-ring (bicyclic) bond motifs is 5. The predicted octanol–water partition coefficient (Wildman–Crippen LogP) is 11.4. The zero-order chi connectivity index (χ0) is 31.6. The smallest absolute Gasteiger partial charge is 0.131 e. The van der Waals surface area contributed by atoms with Gasteiger partial charge in [-0.15, -0.1) is 0 Å². The van der Waals surface area contributed by atoms with Gasteiger partial charge >= 0.3 is 0 Å². The van der Waals surface area contributed by atoms with Crippen LogP contribution in [0.3, 0.4) is 0 Å². The fraction of sp³-hybridized carbons (Fsp3) is 0.625. The lowest BCUT2D eigenvalue weighted by molar-refractivity contribution is 0.337. The maximum Gasteiger partial charge on any atom is 0.131 e. The third kappa shape index (κ3) is 8.29. The van der Waals surface area contributed by atoms with Crippen molar-refractivity contribution < 1.29 is 0 Å². The highest BCUT2D eigenvalue weighted by Gasteiger charge is 2.47. The first-order valence-electron chi connectivity index (χ1n) is 18.6. The maximum absolute atomic E-state index is 5.38. The van der Waals surface area contributed by atoms with Gasteiger partial charge in [-0.2, -0.15) is 0 Å². The van der Waals surface area contributed by atoms with Crippen molar-refractivity contribution in [3.05, 3.63) is 66.7 Å². The van der Waals surface area contributed by atoms with E-state index in [-0.39, 0.29) is 6.17 Å². The second kappa shape index (κ2) is 17.5. The lowest BCUT2D eigenvalue weighted by Crippen LogP contribution is -2.45. The highest BCUT2D eigenvalue weighted by atomic mass is 79.9. The number of benzene rings is 2. The van der Waals surface area contributed by atoms with Gasteiger partial charge in [-0.25, -0.2) is 4.99 Å². The molecule has 0 saturated carbocycles. The topological polar surface area (TPSA) is 18.8 Å². The van der Waals surface area contributed by atoms with Crippen molar-refractivity contribution in [1.29, 1.82) is 0 Å². The van der Waals surface area contributed by atoms with Gasteiger partial charge in [0.1, 0.15) is 6.17 Å². The molecule has 3 nitrogen and oxygen atoms in total. The van der Waals surface area contributed by atoms with E-state index in [2.05, 4.69) is 92.8 Å². The second-order valence-corrected chi connectivity index (χ2v) is 15.4. The standard InChI is InChI=1S/C40H57Br2N3/c1-4-7-10-13-16-19-22-30-27-33-36(29-34(30)42)44(25-20-17-14-11-8-5-2)40-37(33)38-39(32-28-31(41)23-24-35(32)43-38)45(40)26-21-18-15-12-9-6-3/h23-24,27-29,40H,4-22,25-26H2,1-3H3. The zero-order valence-corrected chi connectivity index (χ0v) is 31.6. The van der Waals surface area contributed by atoms with Gasteiger partial charge in [0, 0.05) is 44.1 Å². The van der Waals surface area contributed by atoms with Gasteiger partial charge in [0.05, 0.1) is 16.8 Å². The number of halogens is 2. The van der Waals surface area contributed by atoms with Gasteiger partial charge in [0.25, 0.3) is 0 Å². The molecule has 5 rings (SSSR count). The molecule has 0 aliphatic carbocycles. The molecular weight excluding hydrogens is 682 g/mol. The van der Waals surface area contributed by atoms with Crippen LogP contribution >= 0.6 is 31.9 Å². The highest BCUT2D eigenvalue weighted by molar-refractivity contribution is 9.10. The van der Waals surface area contributed by atoms with Crippen LogP contribution in [-0.2, 0) is 6.42 Å². The Hall–Kier alpha value is -1.59. The van der Waals surface area contributed by atoms with Crippen LogP contribution in [0.4, 0.5) is 5.69 Å². The molecule has 2 aromatic carbocycles. The third-order valence-electron chi connectivity index (χ3n) is 10.1. The number of rotatable bonds is 21. The molecule has 0 fully saturated rings. The number of nitrogens with zero attached hydrogens (tertiary/aromatic N) is 3. The van der Waals surface area contributed by atoms with Crippen molar-refractivity contribution in [3.8, 4) is 0 Å². The number of anilines is 1. The van der Waals surface area contributed by atoms with Crippen LogP contribution in [0.2, 0.25) is 0 Å². The fourth-order valence-corrected chi connectivity index (χ4v) is 8.54. The van der Waals surface area contributed by atoms with E-state index in [1.165, 1.54) is 159 Å². The minimum absolute atomic E-state index is 0.253. The molecule has 0 bridgehead atoms. The molecule has 0 radical (unpaired) electrons. The van der Waals surface area contributed by atoms with E-state index < -0.39 is 0 Å². The predicted molar refractivity (Wildman–Crippen MR) is 201 cm³/mol. The Morgan fingerprint density at radius 1 is 0.644 bits per heavy atom. The quantitative estimate of drug-likeness (QED) is 0.119. The summed E-state index contributed by atoms with van der Waals surface area (Å²) in [4.78, 5) is 10.9. The van der Waals surface area contributed by atoms with E-state index in [1.807, 2.05) is 0 Å². The molecule has 0 N–H and O–H groups in total. The summed E-state index contributed by atoms with van der Waals surface area (Å²) in [6.45, 7) is 9.11. The molecule has 246 valence electrons. The Labute approximate surface area is 290 Å². The van der Waals surface area contributed by atoms with Crippen LogP contribution in [0.15, 0.2) is 50.0 Å². The first-order chi connectivity index (χ1) is 22.1. The molecule has 1 atom stereocenters. The summed E-state index contributed by atoms with van der Waals surface area (Å²) in [7, 11) is 0. The second-order valence-electron chi connectivity index (χ2n) is 13.7. The third-order valence-corrected chi connectivity index (χ3v) is 11.4. The Balaban J connectivity index is 1.47. The minimum atomic E-state index is 0.253. The van der Waals surface area contributed by atoms with Gasteiger partial charge < -0.3 is 9.80 Å².